The van der Waals surface area contributed by atoms with Crippen molar-refractivity contribution in [3.63, 3.8) is 0 Å². The maximum absolute atomic E-state index is 6.17. The Kier molecular flexibility index (Phi) is 2.26. The SMILES string of the molecule is N[C@@H]1CCCc2[nH]nc(-c3ccccc3)c21. The molecule has 1 aromatic carbocycles. The van der Waals surface area contributed by atoms with Gasteiger partial charge in [0.05, 0.1) is 5.69 Å². The number of aryl methyl sites for hydroxylation is 1. The Morgan fingerprint density at radius 1 is 1.25 bits per heavy atom. The fourth-order valence-electron chi connectivity index (χ4n) is 2.44. The van der Waals surface area contributed by atoms with E-state index in [2.05, 4.69) is 22.3 Å². The lowest BCUT2D eigenvalue weighted by Crippen LogP contribution is -2.17. The maximum atomic E-state index is 6.17. The molecule has 3 rings (SSSR count). The Balaban J connectivity index is 2.13. The number of hydrogen-bond donors (Lipinski definition) is 2. The van der Waals surface area contributed by atoms with Gasteiger partial charge in [0.2, 0.25) is 0 Å². The van der Waals surface area contributed by atoms with Gasteiger partial charge in [0.1, 0.15) is 0 Å². The van der Waals surface area contributed by atoms with Crippen molar-refractivity contribution < 1.29 is 0 Å². The molecule has 3 N–H and O–H groups in total. The van der Waals surface area contributed by atoms with Crippen molar-refractivity contribution in [1.29, 1.82) is 0 Å². The van der Waals surface area contributed by atoms with E-state index in [9.17, 15) is 0 Å². The number of hydrogen-bond acceptors (Lipinski definition) is 2. The molecule has 82 valence electrons. The van der Waals surface area contributed by atoms with Crippen molar-refractivity contribution in [2.75, 3.05) is 0 Å². The molecule has 0 amide bonds. The summed E-state index contributed by atoms with van der Waals surface area (Å²) in [6.45, 7) is 0. The van der Waals surface area contributed by atoms with Crippen LogP contribution in [-0.2, 0) is 6.42 Å². The number of nitrogens with one attached hydrogen (secondary N) is 1. The van der Waals surface area contributed by atoms with Crippen molar-refractivity contribution in [3.8, 4) is 11.3 Å². The van der Waals surface area contributed by atoms with Crippen LogP contribution in [0.25, 0.3) is 11.3 Å². The van der Waals surface area contributed by atoms with E-state index in [0.29, 0.717) is 0 Å². The average molecular weight is 213 g/mol. The van der Waals surface area contributed by atoms with Gasteiger partial charge in [0.25, 0.3) is 0 Å². The molecule has 3 nitrogen and oxygen atoms in total. The van der Waals surface area contributed by atoms with Crippen molar-refractivity contribution in [2.24, 2.45) is 5.73 Å². The average Bonchev–Trinajstić information content (AvgIpc) is 2.75. The lowest BCUT2D eigenvalue weighted by Gasteiger charge is -2.18. The first-order chi connectivity index (χ1) is 7.86. The molecule has 0 aliphatic heterocycles. The van der Waals surface area contributed by atoms with Crippen LogP contribution in [0.15, 0.2) is 30.3 Å². The minimum Gasteiger partial charge on any atom is -0.324 e. The zero-order valence-corrected chi connectivity index (χ0v) is 9.11. The molecule has 0 unspecified atom stereocenters. The van der Waals surface area contributed by atoms with Crippen molar-refractivity contribution in [3.05, 3.63) is 41.6 Å². The third-order valence-electron chi connectivity index (χ3n) is 3.24. The number of nitrogens with zero attached hydrogens (tertiary/aromatic N) is 1. The molecular formula is C13H15N3. The van der Waals surface area contributed by atoms with E-state index < -0.39 is 0 Å². The van der Waals surface area contributed by atoms with Crippen LogP contribution in [-0.4, -0.2) is 10.2 Å². The van der Waals surface area contributed by atoms with Crippen LogP contribution in [0.2, 0.25) is 0 Å². The first-order valence-corrected chi connectivity index (χ1v) is 5.74. The normalized spacial score (nSPS) is 19.4. The summed E-state index contributed by atoms with van der Waals surface area (Å²) in [5.74, 6) is 0. The van der Waals surface area contributed by atoms with Gasteiger partial charge < -0.3 is 5.73 Å². The summed E-state index contributed by atoms with van der Waals surface area (Å²) in [6, 6.07) is 10.4. The number of benzene rings is 1. The van der Waals surface area contributed by atoms with Gasteiger partial charge in [-0.05, 0) is 19.3 Å². The highest BCUT2D eigenvalue weighted by Gasteiger charge is 2.23. The highest BCUT2D eigenvalue weighted by Crippen LogP contribution is 2.34. The zero-order valence-electron chi connectivity index (χ0n) is 9.11. The minimum absolute atomic E-state index is 0.137. The zero-order chi connectivity index (χ0) is 11.0. The Morgan fingerprint density at radius 3 is 2.88 bits per heavy atom. The van der Waals surface area contributed by atoms with E-state index in [-0.39, 0.29) is 6.04 Å². The summed E-state index contributed by atoms with van der Waals surface area (Å²) in [4.78, 5) is 0. The molecule has 1 atom stereocenters. The van der Waals surface area contributed by atoms with Crippen LogP contribution in [0.4, 0.5) is 0 Å². The van der Waals surface area contributed by atoms with Gasteiger partial charge in [-0.25, -0.2) is 0 Å². The molecule has 1 aromatic heterocycles. The topological polar surface area (TPSA) is 54.7 Å². The quantitative estimate of drug-likeness (QED) is 0.764. The Hall–Kier alpha value is -1.61. The molecule has 0 saturated heterocycles. The molecule has 2 aromatic rings. The molecule has 0 radical (unpaired) electrons. The fraction of sp³-hybridized carbons (Fsp3) is 0.308. The number of rotatable bonds is 1. The minimum atomic E-state index is 0.137. The molecule has 1 aliphatic carbocycles. The predicted molar refractivity (Wildman–Crippen MR) is 63.9 cm³/mol. The van der Waals surface area contributed by atoms with Crippen LogP contribution in [0.1, 0.15) is 30.1 Å². The molecule has 3 heteroatoms. The molecule has 0 bridgehead atoms. The predicted octanol–water partition coefficient (Wildman–Crippen LogP) is 2.41. The third kappa shape index (κ3) is 1.44. The van der Waals surface area contributed by atoms with E-state index in [4.69, 9.17) is 5.73 Å². The first-order valence-electron chi connectivity index (χ1n) is 5.74. The molecule has 0 fully saturated rings. The van der Waals surface area contributed by atoms with E-state index in [1.165, 1.54) is 11.3 Å². The molecule has 0 spiro atoms. The molecule has 16 heavy (non-hydrogen) atoms. The highest BCUT2D eigenvalue weighted by molar-refractivity contribution is 5.65. The lowest BCUT2D eigenvalue weighted by molar-refractivity contribution is 0.567. The smallest absolute Gasteiger partial charge is 0.0971 e. The summed E-state index contributed by atoms with van der Waals surface area (Å²) >= 11 is 0. The van der Waals surface area contributed by atoms with Crippen LogP contribution in [0.5, 0.6) is 0 Å². The first kappa shape index (κ1) is 9.60. The Labute approximate surface area is 94.7 Å². The number of H-pyrrole nitrogens is 1. The van der Waals surface area contributed by atoms with Gasteiger partial charge in [0.15, 0.2) is 0 Å². The van der Waals surface area contributed by atoms with Gasteiger partial charge in [-0.2, -0.15) is 5.10 Å². The van der Waals surface area contributed by atoms with Crippen molar-refractivity contribution in [2.45, 2.75) is 25.3 Å². The monoisotopic (exact) mass is 213 g/mol. The molecular weight excluding hydrogens is 198 g/mol. The summed E-state index contributed by atoms with van der Waals surface area (Å²) in [5, 5.41) is 7.54. The van der Waals surface area contributed by atoms with Gasteiger partial charge in [0, 0.05) is 22.9 Å². The van der Waals surface area contributed by atoms with Gasteiger partial charge in [-0.15, -0.1) is 0 Å². The largest absolute Gasteiger partial charge is 0.324 e. The van der Waals surface area contributed by atoms with E-state index in [1.807, 2.05) is 18.2 Å². The van der Waals surface area contributed by atoms with Crippen LogP contribution in [0.3, 0.4) is 0 Å². The Morgan fingerprint density at radius 2 is 2.06 bits per heavy atom. The fourth-order valence-corrected chi connectivity index (χ4v) is 2.44. The van der Waals surface area contributed by atoms with Gasteiger partial charge in [-0.3, -0.25) is 5.10 Å². The van der Waals surface area contributed by atoms with Crippen LogP contribution < -0.4 is 5.73 Å². The number of fused-ring (bicyclic) bond motifs is 1. The van der Waals surface area contributed by atoms with Crippen molar-refractivity contribution in [1.82, 2.24) is 10.2 Å². The number of nitrogens with two attached hydrogens (primary N) is 1. The number of aromatic nitrogens is 2. The number of aromatic amines is 1. The van der Waals surface area contributed by atoms with E-state index >= 15 is 0 Å². The van der Waals surface area contributed by atoms with Gasteiger partial charge in [-0.1, -0.05) is 30.3 Å². The van der Waals surface area contributed by atoms with E-state index in [0.717, 1.165) is 30.5 Å². The second kappa shape index (κ2) is 3.76. The molecule has 0 saturated carbocycles. The van der Waals surface area contributed by atoms with Crippen LogP contribution >= 0.6 is 0 Å². The summed E-state index contributed by atoms with van der Waals surface area (Å²) < 4.78 is 0. The second-order valence-electron chi connectivity index (χ2n) is 4.33. The highest BCUT2D eigenvalue weighted by atomic mass is 15.1. The van der Waals surface area contributed by atoms with Gasteiger partial charge >= 0.3 is 0 Å². The molecule has 1 heterocycles. The molecule has 1 aliphatic rings. The summed E-state index contributed by atoms with van der Waals surface area (Å²) in [5.41, 5.74) is 10.8. The van der Waals surface area contributed by atoms with E-state index in [1.54, 1.807) is 0 Å². The van der Waals surface area contributed by atoms with Crippen molar-refractivity contribution >= 4 is 0 Å². The summed E-state index contributed by atoms with van der Waals surface area (Å²) in [7, 11) is 0. The third-order valence-corrected chi connectivity index (χ3v) is 3.24. The lowest BCUT2D eigenvalue weighted by atomic mass is 9.90. The maximum Gasteiger partial charge on any atom is 0.0971 e. The Bertz CT molecular complexity index is 487. The standard InChI is InChI=1S/C13H15N3/c14-10-7-4-8-11-12(10)13(16-15-11)9-5-2-1-3-6-9/h1-3,5-6,10H,4,7-8,14H2,(H,15,16)/t10-/m1/s1. The van der Waals surface area contributed by atoms with Crippen LogP contribution in [0, 0.1) is 0 Å². The second-order valence-corrected chi connectivity index (χ2v) is 4.33. The summed E-state index contributed by atoms with van der Waals surface area (Å²) in [6.07, 6.45) is 3.29.